The zero-order valence-electron chi connectivity index (χ0n) is 13.4. The van der Waals surface area contributed by atoms with Gasteiger partial charge in [0.1, 0.15) is 42.7 Å². The third kappa shape index (κ3) is 4.23. The van der Waals surface area contributed by atoms with Crippen LogP contribution in [0.4, 0.5) is 4.79 Å². The van der Waals surface area contributed by atoms with Crippen LogP contribution in [-0.4, -0.2) is 122 Å². The van der Waals surface area contributed by atoms with Gasteiger partial charge >= 0.3 is 6.16 Å². The van der Waals surface area contributed by atoms with Crippen LogP contribution in [0.2, 0.25) is 0 Å². The minimum atomic E-state index is -2.51. The third-order valence-corrected chi connectivity index (χ3v) is 4.20. The van der Waals surface area contributed by atoms with Gasteiger partial charge in [-0.05, 0) is 0 Å². The molecule has 0 aromatic heterocycles. The Hall–Kier alpha value is -1.13. The lowest BCUT2D eigenvalue weighted by molar-refractivity contribution is -0.310. The molecule has 0 radical (unpaired) electrons. The number of carboxylic acid groups (broad SMARTS) is 1. The van der Waals surface area contributed by atoms with Crippen molar-refractivity contribution in [3.63, 3.8) is 0 Å². The van der Waals surface area contributed by atoms with E-state index < -0.39 is 80.8 Å². The molecular formula is C13H22O13. The van der Waals surface area contributed by atoms with Gasteiger partial charge in [-0.25, -0.2) is 4.79 Å². The van der Waals surface area contributed by atoms with E-state index in [1.165, 1.54) is 0 Å². The SMILES string of the molecule is O=C(O)OC[C@@]1(O)O[C@H](CO[C@H]2O[C@H](CO)[C@@H](O)[C@H](O)[C@H]2O)[C@@H](O)[C@@H]1O. The number of hydrogen-bond acceptors (Lipinski definition) is 12. The first-order valence-electron chi connectivity index (χ1n) is 7.65. The van der Waals surface area contributed by atoms with Gasteiger partial charge in [-0.1, -0.05) is 0 Å². The van der Waals surface area contributed by atoms with Crippen molar-refractivity contribution in [2.24, 2.45) is 0 Å². The molecule has 2 aliphatic rings. The summed E-state index contributed by atoms with van der Waals surface area (Å²) in [4.78, 5) is 10.4. The van der Waals surface area contributed by atoms with Gasteiger partial charge in [-0.3, -0.25) is 0 Å². The van der Waals surface area contributed by atoms with E-state index in [4.69, 9.17) is 24.4 Å². The van der Waals surface area contributed by atoms with Crippen LogP contribution in [0.3, 0.4) is 0 Å². The first-order chi connectivity index (χ1) is 12.1. The molecule has 0 aromatic carbocycles. The molecular weight excluding hydrogens is 364 g/mol. The molecule has 13 nitrogen and oxygen atoms in total. The van der Waals surface area contributed by atoms with Crippen molar-refractivity contribution in [3.05, 3.63) is 0 Å². The molecule has 9 atom stereocenters. The molecule has 0 amide bonds. The summed E-state index contributed by atoms with van der Waals surface area (Å²) < 4.78 is 19.4. The second-order valence-electron chi connectivity index (χ2n) is 6.02. The molecule has 8 N–H and O–H groups in total. The fourth-order valence-electron chi connectivity index (χ4n) is 2.68. The Morgan fingerprint density at radius 3 is 2.23 bits per heavy atom. The monoisotopic (exact) mass is 386 g/mol. The van der Waals surface area contributed by atoms with E-state index in [-0.39, 0.29) is 0 Å². The summed E-state index contributed by atoms with van der Waals surface area (Å²) in [6.07, 6.45) is -14.4. The van der Waals surface area contributed by atoms with Crippen LogP contribution in [0, 0.1) is 0 Å². The molecule has 2 saturated heterocycles. The lowest BCUT2D eigenvalue weighted by Crippen LogP contribution is -2.59. The summed E-state index contributed by atoms with van der Waals surface area (Å²) in [6.45, 7) is -2.20. The highest BCUT2D eigenvalue weighted by Gasteiger charge is 2.55. The summed E-state index contributed by atoms with van der Waals surface area (Å²) in [5.74, 6) is -2.51. The topological polar surface area (TPSA) is 216 Å². The molecule has 2 aliphatic heterocycles. The van der Waals surface area contributed by atoms with Crippen molar-refractivity contribution in [1.29, 1.82) is 0 Å². The van der Waals surface area contributed by atoms with Gasteiger partial charge in [0.15, 0.2) is 12.9 Å². The fraction of sp³-hybridized carbons (Fsp3) is 0.923. The quantitative estimate of drug-likeness (QED) is 0.202. The molecule has 13 heteroatoms. The summed E-state index contributed by atoms with van der Waals surface area (Å²) in [5, 5.41) is 76.4. The van der Waals surface area contributed by atoms with Gasteiger partial charge < -0.3 is 59.8 Å². The van der Waals surface area contributed by atoms with Crippen molar-refractivity contribution >= 4 is 6.16 Å². The average Bonchev–Trinajstić information content (AvgIpc) is 2.82. The Morgan fingerprint density at radius 2 is 1.65 bits per heavy atom. The number of aliphatic hydroxyl groups is 7. The first-order valence-corrected chi connectivity index (χ1v) is 7.65. The van der Waals surface area contributed by atoms with Crippen molar-refractivity contribution in [1.82, 2.24) is 0 Å². The zero-order chi connectivity index (χ0) is 19.6. The zero-order valence-corrected chi connectivity index (χ0v) is 13.4. The molecule has 0 unspecified atom stereocenters. The van der Waals surface area contributed by atoms with Crippen LogP contribution < -0.4 is 0 Å². The maximum absolute atomic E-state index is 10.4. The van der Waals surface area contributed by atoms with E-state index in [2.05, 4.69) is 4.74 Å². The predicted octanol–water partition coefficient (Wildman–Crippen LogP) is -4.69. The first kappa shape index (κ1) is 21.2. The summed E-state index contributed by atoms with van der Waals surface area (Å²) in [6, 6.07) is 0. The number of hydrogen-bond donors (Lipinski definition) is 8. The molecule has 2 heterocycles. The molecule has 0 aliphatic carbocycles. The highest BCUT2D eigenvalue weighted by atomic mass is 16.7. The van der Waals surface area contributed by atoms with Crippen LogP contribution >= 0.6 is 0 Å². The minimum absolute atomic E-state index is 0.559. The van der Waals surface area contributed by atoms with Crippen LogP contribution in [0.15, 0.2) is 0 Å². The minimum Gasteiger partial charge on any atom is -0.450 e. The summed E-state index contributed by atoms with van der Waals surface area (Å²) in [7, 11) is 0. The van der Waals surface area contributed by atoms with Crippen LogP contribution in [0.1, 0.15) is 0 Å². The molecule has 0 bridgehead atoms. The largest absolute Gasteiger partial charge is 0.505 e. The molecule has 0 aromatic rings. The Labute approximate surface area is 146 Å². The highest BCUT2D eigenvalue weighted by molar-refractivity contribution is 5.56. The van der Waals surface area contributed by atoms with Gasteiger partial charge in [-0.15, -0.1) is 0 Å². The average molecular weight is 386 g/mol. The van der Waals surface area contributed by atoms with E-state index in [9.17, 15) is 35.4 Å². The Bertz CT molecular complexity index is 487. The van der Waals surface area contributed by atoms with Gasteiger partial charge in [0, 0.05) is 0 Å². The Morgan fingerprint density at radius 1 is 1.00 bits per heavy atom. The lowest BCUT2D eigenvalue weighted by atomic mass is 9.99. The van der Waals surface area contributed by atoms with Gasteiger partial charge in [0.05, 0.1) is 13.2 Å². The molecule has 26 heavy (non-hydrogen) atoms. The van der Waals surface area contributed by atoms with Crippen molar-refractivity contribution in [3.8, 4) is 0 Å². The molecule has 0 spiro atoms. The van der Waals surface area contributed by atoms with Crippen LogP contribution in [-0.2, 0) is 18.9 Å². The number of rotatable bonds is 6. The second-order valence-corrected chi connectivity index (χ2v) is 6.02. The van der Waals surface area contributed by atoms with Gasteiger partial charge in [-0.2, -0.15) is 0 Å². The molecule has 2 rings (SSSR count). The summed E-state index contributed by atoms with van der Waals surface area (Å²) >= 11 is 0. The Kier molecular flexibility index (Phi) is 6.73. The van der Waals surface area contributed by atoms with E-state index in [1.807, 2.05) is 0 Å². The van der Waals surface area contributed by atoms with E-state index in [1.54, 1.807) is 0 Å². The lowest BCUT2D eigenvalue weighted by Gasteiger charge is -2.39. The van der Waals surface area contributed by atoms with E-state index in [0.29, 0.717) is 0 Å². The Balaban J connectivity index is 1.95. The standard InChI is InChI=1S/C13H22O13/c14-1-4-6(15)8(17)9(18)11(25-4)23-2-5-7(16)10(19)13(22,26-5)3-24-12(20)21/h4-11,14-19,22H,1-3H2,(H,20,21)/t4-,5-,6-,7-,8+,9-,10+,11+,13-/m1/s1. The van der Waals surface area contributed by atoms with Crippen molar-refractivity contribution in [2.75, 3.05) is 19.8 Å². The maximum atomic E-state index is 10.4. The molecule has 152 valence electrons. The fourth-order valence-corrected chi connectivity index (χ4v) is 2.68. The number of ether oxygens (including phenoxy) is 4. The van der Waals surface area contributed by atoms with Crippen molar-refractivity contribution < 1.29 is 64.6 Å². The van der Waals surface area contributed by atoms with Gasteiger partial charge in [0.2, 0.25) is 5.79 Å². The summed E-state index contributed by atoms with van der Waals surface area (Å²) in [5.41, 5.74) is 0. The van der Waals surface area contributed by atoms with E-state index in [0.717, 1.165) is 0 Å². The van der Waals surface area contributed by atoms with Crippen LogP contribution in [0.25, 0.3) is 0 Å². The van der Waals surface area contributed by atoms with E-state index >= 15 is 0 Å². The normalized spacial score (nSPS) is 46.3. The third-order valence-electron chi connectivity index (χ3n) is 4.20. The predicted molar refractivity (Wildman–Crippen MR) is 75.5 cm³/mol. The molecule has 2 fully saturated rings. The highest BCUT2D eigenvalue weighted by Crippen LogP contribution is 2.31. The smallest absolute Gasteiger partial charge is 0.450 e. The molecule has 0 saturated carbocycles. The van der Waals surface area contributed by atoms with Crippen LogP contribution in [0.5, 0.6) is 0 Å². The number of aliphatic hydroxyl groups excluding tert-OH is 6. The maximum Gasteiger partial charge on any atom is 0.505 e. The second kappa shape index (κ2) is 8.26. The van der Waals surface area contributed by atoms with Gasteiger partial charge in [0.25, 0.3) is 0 Å². The van der Waals surface area contributed by atoms with Crippen molar-refractivity contribution in [2.45, 2.75) is 54.8 Å². The number of carbonyl (C=O) groups is 1.